The first-order valence-corrected chi connectivity index (χ1v) is 10.3. The number of hydrogen-bond donors (Lipinski definition) is 3. The SMILES string of the molecule is CC(C)NC(=O)NCc1ccc(C(=O)O[C@H](C)C(=O)NC2(C#N)CCCCC2)cc1. The Morgan fingerprint density at radius 1 is 1.10 bits per heavy atom. The summed E-state index contributed by atoms with van der Waals surface area (Å²) in [5, 5.41) is 17.7. The number of esters is 1. The van der Waals surface area contributed by atoms with E-state index in [1.54, 1.807) is 24.3 Å². The molecular weight excluding hydrogens is 384 g/mol. The summed E-state index contributed by atoms with van der Waals surface area (Å²) in [6, 6.07) is 8.59. The maximum Gasteiger partial charge on any atom is 0.338 e. The molecule has 0 aromatic heterocycles. The second kappa shape index (κ2) is 10.6. The van der Waals surface area contributed by atoms with Gasteiger partial charge in [0.25, 0.3) is 5.91 Å². The number of carbonyl (C=O) groups excluding carboxylic acids is 3. The third kappa shape index (κ3) is 6.76. The fourth-order valence-electron chi connectivity index (χ4n) is 3.29. The molecule has 0 bridgehead atoms. The summed E-state index contributed by atoms with van der Waals surface area (Å²) in [7, 11) is 0. The lowest BCUT2D eigenvalue weighted by molar-refractivity contribution is -0.130. The predicted molar refractivity (Wildman–Crippen MR) is 111 cm³/mol. The molecule has 162 valence electrons. The number of rotatable bonds is 7. The van der Waals surface area contributed by atoms with Crippen molar-refractivity contribution in [3.63, 3.8) is 0 Å². The van der Waals surface area contributed by atoms with Crippen LogP contribution in [0.2, 0.25) is 0 Å². The number of hydrogen-bond acceptors (Lipinski definition) is 5. The lowest BCUT2D eigenvalue weighted by atomic mass is 9.83. The number of carbonyl (C=O) groups is 3. The largest absolute Gasteiger partial charge is 0.449 e. The molecule has 30 heavy (non-hydrogen) atoms. The highest BCUT2D eigenvalue weighted by Crippen LogP contribution is 2.27. The quantitative estimate of drug-likeness (QED) is 0.593. The van der Waals surface area contributed by atoms with Crippen molar-refractivity contribution in [2.45, 2.75) is 77.1 Å². The van der Waals surface area contributed by atoms with Crippen LogP contribution in [-0.2, 0) is 16.1 Å². The average molecular weight is 415 g/mol. The number of ether oxygens (including phenoxy) is 1. The minimum Gasteiger partial charge on any atom is -0.449 e. The van der Waals surface area contributed by atoms with Crippen LogP contribution in [0.25, 0.3) is 0 Å². The van der Waals surface area contributed by atoms with Crippen molar-refractivity contribution in [1.82, 2.24) is 16.0 Å². The van der Waals surface area contributed by atoms with Crippen LogP contribution in [0.15, 0.2) is 24.3 Å². The molecule has 8 nitrogen and oxygen atoms in total. The molecule has 1 aliphatic carbocycles. The lowest BCUT2D eigenvalue weighted by Crippen LogP contribution is -2.52. The standard InChI is InChI=1S/C22H30N4O4/c1-15(2)25-21(29)24-13-17-7-9-18(10-8-17)20(28)30-16(3)19(27)26-22(14-23)11-5-4-6-12-22/h7-10,15-16H,4-6,11-13H2,1-3H3,(H,26,27)(H2,24,25,29)/t16-/m1/s1. The molecule has 3 amide bonds. The van der Waals surface area contributed by atoms with Gasteiger partial charge in [-0.25, -0.2) is 9.59 Å². The maximum atomic E-state index is 12.4. The summed E-state index contributed by atoms with van der Waals surface area (Å²) in [4.78, 5) is 36.4. The number of nitrogens with zero attached hydrogens (tertiary/aromatic N) is 1. The molecule has 3 N–H and O–H groups in total. The summed E-state index contributed by atoms with van der Waals surface area (Å²) in [5.41, 5.74) is 0.258. The van der Waals surface area contributed by atoms with E-state index in [4.69, 9.17) is 4.74 Å². The summed E-state index contributed by atoms with van der Waals surface area (Å²) < 4.78 is 5.27. The number of benzene rings is 1. The van der Waals surface area contributed by atoms with Crippen molar-refractivity contribution in [2.75, 3.05) is 0 Å². The predicted octanol–water partition coefficient (Wildman–Crippen LogP) is 2.78. The van der Waals surface area contributed by atoms with Crippen LogP contribution < -0.4 is 16.0 Å². The van der Waals surface area contributed by atoms with Gasteiger partial charge in [0.05, 0.1) is 11.6 Å². The summed E-state index contributed by atoms with van der Waals surface area (Å²) in [6.07, 6.45) is 3.05. The Bertz CT molecular complexity index is 792. The van der Waals surface area contributed by atoms with E-state index in [2.05, 4.69) is 22.0 Å². The number of nitrogens with one attached hydrogen (secondary N) is 3. The van der Waals surface area contributed by atoms with Gasteiger partial charge < -0.3 is 20.7 Å². The normalized spacial score (nSPS) is 16.1. The first kappa shape index (κ1) is 23.2. The summed E-state index contributed by atoms with van der Waals surface area (Å²) >= 11 is 0. The molecule has 1 saturated carbocycles. The van der Waals surface area contributed by atoms with Gasteiger partial charge in [-0.3, -0.25) is 4.79 Å². The molecule has 2 rings (SSSR count). The van der Waals surface area contributed by atoms with Crippen LogP contribution in [0.5, 0.6) is 0 Å². The van der Waals surface area contributed by atoms with Crippen molar-refractivity contribution in [3.8, 4) is 6.07 Å². The fourth-order valence-corrected chi connectivity index (χ4v) is 3.29. The molecular formula is C22H30N4O4. The molecule has 0 radical (unpaired) electrons. The molecule has 0 heterocycles. The minimum absolute atomic E-state index is 0.0440. The van der Waals surface area contributed by atoms with Crippen LogP contribution in [0.1, 0.15) is 68.8 Å². The van der Waals surface area contributed by atoms with Crippen LogP contribution in [-0.4, -0.2) is 35.6 Å². The molecule has 1 fully saturated rings. The molecule has 1 aromatic carbocycles. The zero-order valence-corrected chi connectivity index (χ0v) is 17.8. The second-order valence-corrected chi connectivity index (χ2v) is 7.97. The number of urea groups is 1. The van der Waals surface area contributed by atoms with Crippen LogP contribution in [0.4, 0.5) is 4.79 Å². The molecule has 0 spiro atoms. The molecule has 1 aliphatic rings. The van der Waals surface area contributed by atoms with E-state index in [-0.39, 0.29) is 12.1 Å². The Morgan fingerprint density at radius 2 is 1.73 bits per heavy atom. The topological polar surface area (TPSA) is 120 Å². The van der Waals surface area contributed by atoms with E-state index < -0.39 is 23.5 Å². The van der Waals surface area contributed by atoms with Crippen molar-refractivity contribution in [2.24, 2.45) is 0 Å². The van der Waals surface area contributed by atoms with Gasteiger partial charge in [0, 0.05) is 12.6 Å². The van der Waals surface area contributed by atoms with Crippen LogP contribution in [0.3, 0.4) is 0 Å². The maximum absolute atomic E-state index is 12.4. The number of nitriles is 1. The van der Waals surface area contributed by atoms with Crippen molar-refractivity contribution < 1.29 is 19.1 Å². The molecule has 8 heteroatoms. The zero-order chi connectivity index (χ0) is 22.1. The highest BCUT2D eigenvalue weighted by molar-refractivity contribution is 5.92. The molecule has 0 unspecified atom stereocenters. The highest BCUT2D eigenvalue weighted by atomic mass is 16.5. The van der Waals surface area contributed by atoms with Gasteiger partial charge in [-0.1, -0.05) is 31.4 Å². The van der Waals surface area contributed by atoms with Crippen LogP contribution in [0, 0.1) is 11.3 Å². The Balaban J connectivity index is 1.86. The van der Waals surface area contributed by atoms with Crippen LogP contribution >= 0.6 is 0 Å². The van der Waals surface area contributed by atoms with Gasteiger partial charge in [-0.15, -0.1) is 0 Å². The highest BCUT2D eigenvalue weighted by Gasteiger charge is 2.35. The lowest BCUT2D eigenvalue weighted by Gasteiger charge is -2.32. The summed E-state index contributed by atoms with van der Waals surface area (Å²) in [6.45, 7) is 5.56. The smallest absolute Gasteiger partial charge is 0.338 e. The van der Waals surface area contributed by atoms with E-state index in [9.17, 15) is 19.6 Å². The average Bonchev–Trinajstić information content (AvgIpc) is 2.72. The van der Waals surface area contributed by atoms with Gasteiger partial charge in [0.2, 0.25) is 0 Å². The Kier molecular flexibility index (Phi) is 8.22. The van der Waals surface area contributed by atoms with Gasteiger partial charge in [0.15, 0.2) is 6.10 Å². The number of amides is 3. The molecule has 1 aromatic rings. The third-order valence-electron chi connectivity index (χ3n) is 5.00. The minimum atomic E-state index is -1.01. The Labute approximate surface area is 177 Å². The van der Waals surface area contributed by atoms with E-state index in [0.717, 1.165) is 24.8 Å². The fraction of sp³-hybridized carbons (Fsp3) is 0.545. The van der Waals surface area contributed by atoms with Crippen molar-refractivity contribution in [1.29, 1.82) is 5.26 Å². The first-order valence-electron chi connectivity index (χ1n) is 10.3. The Morgan fingerprint density at radius 3 is 2.30 bits per heavy atom. The zero-order valence-electron chi connectivity index (χ0n) is 17.8. The first-order chi connectivity index (χ1) is 14.2. The molecule has 1 atom stereocenters. The van der Waals surface area contributed by atoms with Gasteiger partial charge in [-0.05, 0) is 51.3 Å². The molecule has 0 aliphatic heterocycles. The van der Waals surface area contributed by atoms with Gasteiger partial charge >= 0.3 is 12.0 Å². The Hall–Kier alpha value is -3.08. The van der Waals surface area contributed by atoms with E-state index in [1.165, 1.54) is 6.92 Å². The van der Waals surface area contributed by atoms with E-state index in [0.29, 0.717) is 24.9 Å². The van der Waals surface area contributed by atoms with Crippen molar-refractivity contribution in [3.05, 3.63) is 35.4 Å². The second-order valence-electron chi connectivity index (χ2n) is 7.97. The van der Waals surface area contributed by atoms with Crippen molar-refractivity contribution >= 4 is 17.9 Å². The van der Waals surface area contributed by atoms with Gasteiger partial charge in [0.1, 0.15) is 5.54 Å². The van der Waals surface area contributed by atoms with E-state index >= 15 is 0 Å². The summed E-state index contributed by atoms with van der Waals surface area (Å²) in [5.74, 6) is -1.09. The van der Waals surface area contributed by atoms with Gasteiger partial charge in [-0.2, -0.15) is 5.26 Å². The third-order valence-corrected chi connectivity index (χ3v) is 5.00. The monoisotopic (exact) mass is 414 g/mol. The molecule has 0 saturated heterocycles. The van der Waals surface area contributed by atoms with E-state index in [1.807, 2.05) is 13.8 Å².